The van der Waals surface area contributed by atoms with Crippen molar-refractivity contribution in [2.45, 2.75) is 11.8 Å². The highest BCUT2D eigenvalue weighted by Gasteiger charge is 2.21. The Labute approximate surface area is 120 Å². The van der Waals surface area contributed by atoms with Crippen LogP contribution < -0.4 is 10.0 Å². The van der Waals surface area contributed by atoms with E-state index in [0.717, 1.165) is 12.1 Å². The third kappa shape index (κ3) is 3.11. The summed E-state index contributed by atoms with van der Waals surface area (Å²) in [4.78, 5) is 10.1. The molecule has 0 radical (unpaired) electrons. The zero-order valence-electron chi connectivity index (χ0n) is 11.2. The Bertz CT molecular complexity index is 784. The quantitative estimate of drug-likeness (QED) is 0.635. The largest absolute Gasteiger partial charge is 0.383 e. The van der Waals surface area contributed by atoms with Crippen LogP contribution in [0.15, 0.2) is 33.7 Å². The van der Waals surface area contributed by atoms with Crippen LogP contribution in [0.5, 0.6) is 0 Å². The number of anilines is 2. The molecule has 10 heteroatoms. The van der Waals surface area contributed by atoms with E-state index in [9.17, 15) is 18.5 Å². The second kappa shape index (κ2) is 5.40. The second-order valence-corrected chi connectivity index (χ2v) is 5.81. The van der Waals surface area contributed by atoms with E-state index >= 15 is 0 Å². The standard InChI is InChI=1S/C11H12N4O5S/c1-7-5-11(20-13-7)14-21(18,19)8-3-4-10(15(16)17)9(6-8)12-2/h3-6,12,14H,1-2H3. The molecule has 0 spiro atoms. The highest BCUT2D eigenvalue weighted by molar-refractivity contribution is 7.92. The van der Waals surface area contributed by atoms with Gasteiger partial charge in [0, 0.05) is 19.2 Å². The molecular formula is C11H12N4O5S. The van der Waals surface area contributed by atoms with Crippen LogP contribution in [0.3, 0.4) is 0 Å². The fourth-order valence-electron chi connectivity index (χ4n) is 1.64. The van der Waals surface area contributed by atoms with Gasteiger partial charge in [-0.1, -0.05) is 5.16 Å². The fourth-order valence-corrected chi connectivity index (χ4v) is 2.64. The Hall–Kier alpha value is -2.62. The van der Waals surface area contributed by atoms with Crippen LogP contribution in [0.1, 0.15) is 5.69 Å². The molecular weight excluding hydrogens is 300 g/mol. The predicted molar refractivity (Wildman–Crippen MR) is 74.7 cm³/mol. The number of nitrogens with one attached hydrogen (secondary N) is 2. The summed E-state index contributed by atoms with van der Waals surface area (Å²) in [6.45, 7) is 1.65. The molecule has 0 bridgehead atoms. The van der Waals surface area contributed by atoms with Gasteiger partial charge in [-0.25, -0.2) is 13.1 Å². The van der Waals surface area contributed by atoms with Gasteiger partial charge in [-0.15, -0.1) is 0 Å². The summed E-state index contributed by atoms with van der Waals surface area (Å²) in [5, 5.41) is 17.0. The number of sulfonamides is 1. The summed E-state index contributed by atoms with van der Waals surface area (Å²) in [6, 6.07) is 4.85. The van der Waals surface area contributed by atoms with Crippen molar-refractivity contribution in [1.29, 1.82) is 0 Å². The summed E-state index contributed by atoms with van der Waals surface area (Å²) in [5.74, 6) is -0.0307. The number of nitro benzene ring substituents is 1. The van der Waals surface area contributed by atoms with E-state index in [1.54, 1.807) is 6.92 Å². The number of hydrogen-bond acceptors (Lipinski definition) is 7. The molecule has 0 atom stereocenters. The second-order valence-electron chi connectivity index (χ2n) is 4.12. The average molecular weight is 312 g/mol. The van der Waals surface area contributed by atoms with Crippen molar-refractivity contribution in [1.82, 2.24) is 5.16 Å². The highest BCUT2D eigenvalue weighted by atomic mass is 32.2. The van der Waals surface area contributed by atoms with Crippen LogP contribution >= 0.6 is 0 Å². The van der Waals surface area contributed by atoms with Gasteiger partial charge in [0.25, 0.3) is 15.7 Å². The maximum Gasteiger partial charge on any atom is 0.292 e. The molecule has 0 fully saturated rings. The lowest BCUT2D eigenvalue weighted by atomic mass is 10.3. The van der Waals surface area contributed by atoms with E-state index in [1.807, 2.05) is 0 Å². The van der Waals surface area contributed by atoms with E-state index in [2.05, 4.69) is 15.2 Å². The molecule has 2 N–H and O–H groups in total. The molecule has 21 heavy (non-hydrogen) atoms. The molecule has 0 saturated carbocycles. The van der Waals surface area contributed by atoms with Gasteiger partial charge in [-0.3, -0.25) is 10.1 Å². The van der Waals surface area contributed by atoms with Crippen LogP contribution in [-0.2, 0) is 10.0 Å². The molecule has 2 aromatic rings. The first-order valence-corrected chi connectivity index (χ1v) is 7.24. The fraction of sp³-hybridized carbons (Fsp3) is 0.182. The van der Waals surface area contributed by atoms with Gasteiger partial charge < -0.3 is 9.84 Å². The lowest BCUT2D eigenvalue weighted by Gasteiger charge is -2.07. The van der Waals surface area contributed by atoms with Crippen molar-refractivity contribution < 1.29 is 17.9 Å². The highest BCUT2D eigenvalue weighted by Crippen LogP contribution is 2.27. The van der Waals surface area contributed by atoms with Crippen molar-refractivity contribution in [3.05, 3.63) is 40.1 Å². The Balaban J connectivity index is 2.38. The molecule has 112 valence electrons. The first-order chi connectivity index (χ1) is 9.83. The molecule has 9 nitrogen and oxygen atoms in total. The van der Waals surface area contributed by atoms with E-state index in [4.69, 9.17) is 4.52 Å². The summed E-state index contributed by atoms with van der Waals surface area (Å²) < 4.78 is 31.3. The number of hydrogen-bond donors (Lipinski definition) is 2. The van der Waals surface area contributed by atoms with Gasteiger partial charge >= 0.3 is 0 Å². The van der Waals surface area contributed by atoms with Crippen LogP contribution in [0.25, 0.3) is 0 Å². The minimum atomic E-state index is -3.92. The van der Waals surface area contributed by atoms with Crippen LogP contribution in [0.2, 0.25) is 0 Å². The smallest absolute Gasteiger partial charge is 0.292 e. The SMILES string of the molecule is CNc1cc(S(=O)(=O)Nc2cc(C)no2)ccc1[N+](=O)[O-]. The van der Waals surface area contributed by atoms with Gasteiger partial charge in [0.2, 0.25) is 5.88 Å². The van der Waals surface area contributed by atoms with Gasteiger partial charge in [0.1, 0.15) is 5.69 Å². The number of nitro groups is 1. The summed E-state index contributed by atoms with van der Waals surface area (Å²) >= 11 is 0. The van der Waals surface area contributed by atoms with Crippen LogP contribution in [-0.4, -0.2) is 25.5 Å². The van der Waals surface area contributed by atoms with Gasteiger partial charge in [0.15, 0.2) is 0 Å². The number of nitrogens with zero attached hydrogens (tertiary/aromatic N) is 2. The van der Waals surface area contributed by atoms with Crippen molar-refractivity contribution >= 4 is 27.3 Å². The molecule has 0 aliphatic carbocycles. The molecule has 1 heterocycles. The predicted octanol–water partition coefficient (Wildman–Crippen LogP) is 1.73. The molecule has 1 aromatic heterocycles. The normalized spacial score (nSPS) is 11.1. The number of aromatic nitrogens is 1. The Kier molecular flexibility index (Phi) is 3.80. The molecule has 0 aliphatic heterocycles. The van der Waals surface area contributed by atoms with Crippen LogP contribution in [0, 0.1) is 17.0 Å². The Morgan fingerprint density at radius 1 is 1.33 bits per heavy atom. The third-order valence-electron chi connectivity index (χ3n) is 2.61. The van der Waals surface area contributed by atoms with Gasteiger partial charge in [0.05, 0.1) is 15.5 Å². The molecule has 1 aromatic carbocycles. The summed E-state index contributed by atoms with van der Waals surface area (Å²) in [5.41, 5.74) is 0.399. The lowest BCUT2D eigenvalue weighted by molar-refractivity contribution is -0.384. The van der Waals surface area contributed by atoms with E-state index in [0.29, 0.717) is 5.69 Å². The first kappa shape index (κ1) is 14.8. The van der Waals surface area contributed by atoms with Gasteiger partial charge in [-0.05, 0) is 19.1 Å². The van der Waals surface area contributed by atoms with E-state index in [-0.39, 0.29) is 22.2 Å². The zero-order chi connectivity index (χ0) is 15.6. The van der Waals surface area contributed by atoms with Crippen molar-refractivity contribution in [3.63, 3.8) is 0 Å². The molecule has 0 amide bonds. The van der Waals surface area contributed by atoms with Crippen molar-refractivity contribution in [3.8, 4) is 0 Å². The average Bonchev–Trinajstić information content (AvgIpc) is 2.82. The van der Waals surface area contributed by atoms with E-state index in [1.165, 1.54) is 19.2 Å². The Morgan fingerprint density at radius 3 is 2.57 bits per heavy atom. The lowest BCUT2D eigenvalue weighted by Crippen LogP contribution is -2.13. The third-order valence-corrected chi connectivity index (χ3v) is 3.95. The molecule has 2 rings (SSSR count). The van der Waals surface area contributed by atoms with Crippen molar-refractivity contribution in [2.75, 3.05) is 17.1 Å². The zero-order valence-corrected chi connectivity index (χ0v) is 12.0. The first-order valence-electron chi connectivity index (χ1n) is 5.76. The molecule has 0 saturated heterocycles. The van der Waals surface area contributed by atoms with E-state index < -0.39 is 14.9 Å². The number of rotatable bonds is 5. The minimum Gasteiger partial charge on any atom is -0.383 e. The number of benzene rings is 1. The Morgan fingerprint density at radius 2 is 2.05 bits per heavy atom. The summed E-state index contributed by atoms with van der Waals surface area (Å²) in [7, 11) is -2.46. The van der Waals surface area contributed by atoms with Crippen molar-refractivity contribution in [2.24, 2.45) is 0 Å². The minimum absolute atomic E-state index is 0.0307. The van der Waals surface area contributed by atoms with Crippen LogP contribution in [0.4, 0.5) is 17.3 Å². The monoisotopic (exact) mass is 312 g/mol. The number of aryl methyl sites for hydroxylation is 1. The maximum absolute atomic E-state index is 12.2. The maximum atomic E-state index is 12.2. The molecule has 0 aliphatic rings. The topological polar surface area (TPSA) is 127 Å². The molecule has 0 unspecified atom stereocenters. The summed E-state index contributed by atoms with van der Waals surface area (Å²) in [6.07, 6.45) is 0. The van der Waals surface area contributed by atoms with Gasteiger partial charge in [-0.2, -0.15) is 0 Å².